The van der Waals surface area contributed by atoms with Gasteiger partial charge in [-0.1, -0.05) is 0 Å². The number of nitrogens with one attached hydrogen (secondary N) is 1. The van der Waals surface area contributed by atoms with Crippen LogP contribution in [0.1, 0.15) is 32.1 Å². The fourth-order valence-electron chi connectivity index (χ4n) is 2.52. The molecule has 0 aromatic rings. The first-order chi connectivity index (χ1) is 7.74. The third-order valence-electron chi connectivity index (χ3n) is 3.40. The third-order valence-corrected chi connectivity index (χ3v) is 3.40. The Morgan fingerprint density at radius 3 is 2.94 bits per heavy atom. The van der Waals surface area contributed by atoms with Crippen molar-refractivity contribution in [2.24, 2.45) is 5.73 Å². The fraction of sp³-hybridized carbons (Fsp3) is 0.818. The summed E-state index contributed by atoms with van der Waals surface area (Å²) in [5.41, 5.74) is 5.41. The van der Waals surface area contributed by atoms with Gasteiger partial charge in [0.15, 0.2) is 0 Å². The van der Waals surface area contributed by atoms with Crippen LogP contribution in [0.3, 0.4) is 0 Å². The minimum absolute atomic E-state index is 0.0230. The zero-order valence-corrected chi connectivity index (χ0v) is 9.45. The minimum Gasteiger partial charge on any atom is -0.343 e. The monoisotopic (exact) mass is 225 g/mol. The van der Waals surface area contributed by atoms with Crippen LogP contribution in [0.15, 0.2) is 0 Å². The van der Waals surface area contributed by atoms with Gasteiger partial charge < -0.3 is 16.0 Å². The Bertz CT molecular complexity index is 293. The molecular formula is C11H19N3O2. The van der Waals surface area contributed by atoms with E-state index in [9.17, 15) is 9.59 Å². The Hall–Kier alpha value is -1.10. The molecule has 5 heteroatoms. The average Bonchev–Trinajstić information content (AvgIpc) is 2.75. The van der Waals surface area contributed by atoms with Crippen LogP contribution in [0.2, 0.25) is 0 Å². The van der Waals surface area contributed by atoms with Crippen molar-refractivity contribution in [3.8, 4) is 0 Å². The fourth-order valence-corrected chi connectivity index (χ4v) is 2.52. The highest BCUT2D eigenvalue weighted by Gasteiger charge is 2.42. The van der Waals surface area contributed by atoms with E-state index in [0.29, 0.717) is 13.0 Å². The predicted octanol–water partition coefficient (Wildman–Crippen LogP) is -0.395. The topological polar surface area (TPSA) is 75.4 Å². The number of rotatable bonds is 4. The standard InChI is InChI=1S/C11H19N3O2/c12-6-2-1-4-8-11(16)14-7-3-5-9(14)10(15)13-8/h8-9H,1-7,12H2,(H,13,15)/t8-,9-/m0/s1. The van der Waals surface area contributed by atoms with Gasteiger partial charge in [0.25, 0.3) is 0 Å². The van der Waals surface area contributed by atoms with Crippen molar-refractivity contribution in [2.45, 2.75) is 44.2 Å². The van der Waals surface area contributed by atoms with Gasteiger partial charge in [0, 0.05) is 6.54 Å². The molecule has 0 unspecified atom stereocenters. The van der Waals surface area contributed by atoms with E-state index in [0.717, 1.165) is 32.2 Å². The molecule has 0 aromatic heterocycles. The summed E-state index contributed by atoms with van der Waals surface area (Å²) in [6, 6.07) is -0.508. The molecule has 2 saturated heterocycles. The SMILES string of the molecule is NCCCC[C@@H]1NC(=O)[C@@H]2CCCN2C1=O. The lowest BCUT2D eigenvalue weighted by molar-refractivity contribution is -0.147. The number of unbranched alkanes of at least 4 members (excludes halogenated alkanes) is 1. The van der Waals surface area contributed by atoms with E-state index in [-0.39, 0.29) is 23.9 Å². The Morgan fingerprint density at radius 1 is 1.38 bits per heavy atom. The van der Waals surface area contributed by atoms with E-state index < -0.39 is 0 Å². The molecule has 2 aliphatic heterocycles. The normalized spacial score (nSPS) is 29.2. The Labute approximate surface area is 95.3 Å². The van der Waals surface area contributed by atoms with Crippen LogP contribution >= 0.6 is 0 Å². The summed E-state index contributed by atoms with van der Waals surface area (Å²) in [6.45, 7) is 1.38. The van der Waals surface area contributed by atoms with Crippen LogP contribution in [-0.4, -0.2) is 41.9 Å². The van der Waals surface area contributed by atoms with Gasteiger partial charge in [0.1, 0.15) is 12.1 Å². The number of hydrogen-bond donors (Lipinski definition) is 2. The van der Waals surface area contributed by atoms with E-state index >= 15 is 0 Å². The number of fused-ring (bicyclic) bond motifs is 1. The largest absolute Gasteiger partial charge is 0.343 e. The molecule has 0 spiro atoms. The number of amides is 2. The first-order valence-electron chi connectivity index (χ1n) is 6.05. The molecule has 2 heterocycles. The quantitative estimate of drug-likeness (QED) is 0.639. The highest BCUT2D eigenvalue weighted by Crippen LogP contribution is 2.23. The van der Waals surface area contributed by atoms with Crippen molar-refractivity contribution < 1.29 is 9.59 Å². The molecule has 3 N–H and O–H groups in total. The van der Waals surface area contributed by atoms with E-state index in [2.05, 4.69) is 5.32 Å². The van der Waals surface area contributed by atoms with E-state index in [1.807, 2.05) is 0 Å². The second kappa shape index (κ2) is 4.82. The summed E-state index contributed by atoms with van der Waals surface area (Å²) >= 11 is 0. The van der Waals surface area contributed by atoms with Gasteiger partial charge in [0.05, 0.1) is 0 Å². The van der Waals surface area contributed by atoms with Crippen LogP contribution in [0.25, 0.3) is 0 Å². The zero-order valence-electron chi connectivity index (χ0n) is 9.45. The lowest BCUT2D eigenvalue weighted by Gasteiger charge is -2.34. The van der Waals surface area contributed by atoms with Crippen molar-refractivity contribution in [1.29, 1.82) is 0 Å². The van der Waals surface area contributed by atoms with Gasteiger partial charge >= 0.3 is 0 Å². The molecule has 0 aliphatic carbocycles. The molecule has 0 bridgehead atoms. The van der Waals surface area contributed by atoms with Gasteiger partial charge in [-0.25, -0.2) is 0 Å². The molecule has 2 amide bonds. The number of nitrogens with two attached hydrogens (primary N) is 1. The number of piperazine rings is 1. The average molecular weight is 225 g/mol. The Kier molecular flexibility index (Phi) is 3.43. The zero-order chi connectivity index (χ0) is 11.5. The predicted molar refractivity (Wildman–Crippen MR) is 59.6 cm³/mol. The van der Waals surface area contributed by atoms with E-state index in [1.54, 1.807) is 4.90 Å². The van der Waals surface area contributed by atoms with Gasteiger partial charge in [-0.3, -0.25) is 9.59 Å². The molecule has 0 radical (unpaired) electrons. The second-order valence-corrected chi connectivity index (χ2v) is 4.54. The molecule has 2 aliphatic rings. The van der Waals surface area contributed by atoms with Crippen LogP contribution in [0, 0.1) is 0 Å². The van der Waals surface area contributed by atoms with Crippen molar-refractivity contribution in [1.82, 2.24) is 10.2 Å². The first-order valence-corrected chi connectivity index (χ1v) is 6.05. The summed E-state index contributed by atoms with van der Waals surface area (Å²) in [6.07, 6.45) is 4.27. The van der Waals surface area contributed by atoms with E-state index in [1.165, 1.54) is 0 Å². The first kappa shape index (κ1) is 11.4. The summed E-state index contributed by atoms with van der Waals surface area (Å²) in [5, 5.41) is 2.83. The lowest BCUT2D eigenvalue weighted by atomic mass is 10.0. The van der Waals surface area contributed by atoms with Crippen molar-refractivity contribution in [2.75, 3.05) is 13.1 Å². The molecule has 2 rings (SSSR count). The molecular weight excluding hydrogens is 206 g/mol. The molecule has 16 heavy (non-hydrogen) atoms. The van der Waals surface area contributed by atoms with Gasteiger partial charge in [-0.15, -0.1) is 0 Å². The molecule has 0 aromatic carbocycles. The van der Waals surface area contributed by atoms with Gasteiger partial charge in [0.2, 0.25) is 11.8 Å². The van der Waals surface area contributed by atoms with Crippen LogP contribution in [0.4, 0.5) is 0 Å². The molecule has 2 atom stereocenters. The lowest BCUT2D eigenvalue weighted by Crippen LogP contribution is -2.61. The maximum Gasteiger partial charge on any atom is 0.245 e. The van der Waals surface area contributed by atoms with Crippen LogP contribution in [0.5, 0.6) is 0 Å². The summed E-state index contributed by atoms with van der Waals surface area (Å²) in [5.74, 6) is 0.119. The van der Waals surface area contributed by atoms with Gasteiger partial charge in [-0.05, 0) is 38.6 Å². The maximum absolute atomic E-state index is 12.0. The summed E-state index contributed by atoms with van der Waals surface area (Å²) in [7, 11) is 0. The molecule has 5 nitrogen and oxygen atoms in total. The van der Waals surface area contributed by atoms with Crippen LogP contribution < -0.4 is 11.1 Å². The highest BCUT2D eigenvalue weighted by atomic mass is 16.2. The molecule has 2 fully saturated rings. The third kappa shape index (κ3) is 2.04. The van der Waals surface area contributed by atoms with Crippen molar-refractivity contribution >= 4 is 11.8 Å². The summed E-state index contributed by atoms with van der Waals surface area (Å²) < 4.78 is 0. The smallest absolute Gasteiger partial charge is 0.245 e. The number of carbonyl (C=O) groups is 2. The Morgan fingerprint density at radius 2 is 2.19 bits per heavy atom. The Balaban J connectivity index is 1.94. The van der Waals surface area contributed by atoms with Crippen molar-refractivity contribution in [3.63, 3.8) is 0 Å². The van der Waals surface area contributed by atoms with Gasteiger partial charge in [-0.2, -0.15) is 0 Å². The maximum atomic E-state index is 12.0. The number of carbonyl (C=O) groups excluding carboxylic acids is 2. The molecule has 90 valence electrons. The molecule has 0 saturated carbocycles. The van der Waals surface area contributed by atoms with Crippen LogP contribution in [-0.2, 0) is 9.59 Å². The second-order valence-electron chi connectivity index (χ2n) is 4.54. The number of nitrogens with zero attached hydrogens (tertiary/aromatic N) is 1. The van der Waals surface area contributed by atoms with E-state index in [4.69, 9.17) is 5.73 Å². The minimum atomic E-state index is -0.312. The number of hydrogen-bond acceptors (Lipinski definition) is 3. The highest BCUT2D eigenvalue weighted by molar-refractivity contribution is 5.97. The summed E-state index contributed by atoms with van der Waals surface area (Å²) in [4.78, 5) is 25.5. The van der Waals surface area contributed by atoms with Crippen molar-refractivity contribution in [3.05, 3.63) is 0 Å².